The molecule has 0 bridgehead atoms. The summed E-state index contributed by atoms with van der Waals surface area (Å²) in [5.74, 6) is -1.97. The molecule has 0 unspecified atom stereocenters. The van der Waals surface area contributed by atoms with Gasteiger partial charge in [0.05, 0.1) is 0 Å². The number of halogens is 3. The van der Waals surface area contributed by atoms with Gasteiger partial charge in [-0.2, -0.15) is 4.98 Å². The summed E-state index contributed by atoms with van der Waals surface area (Å²) in [7, 11) is 0. The van der Waals surface area contributed by atoms with Gasteiger partial charge < -0.3 is 4.52 Å². The zero-order valence-electron chi connectivity index (χ0n) is 7.34. The quantitative estimate of drug-likeness (QED) is 0.748. The zero-order valence-corrected chi connectivity index (χ0v) is 9.50. The van der Waals surface area contributed by atoms with E-state index in [9.17, 15) is 8.78 Å². The Morgan fingerprint density at radius 3 is 2.50 bits per heavy atom. The van der Waals surface area contributed by atoms with E-state index in [2.05, 4.69) is 10.1 Å². The van der Waals surface area contributed by atoms with Crippen molar-refractivity contribution in [1.29, 1.82) is 0 Å². The predicted molar refractivity (Wildman–Crippen MR) is 53.2 cm³/mol. The lowest BCUT2D eigenvalue weighted by Crippen LogP contribution is -2.23. The summed E-state index contributed by atoms with van der Waals surface area (Å²) in [5.41, 5.74) is 0. The maximum Gasteiger partial charge on any atom is 0.248 e. The van der Waals surface area contributed by atoms with Crippen molar-refractivity contribution in [3.8, 4) is 0 Å². The average Bonchev–Trinajstić information content (AvgIpc) is 2.52. The van der Waals surface area contributed by atoms with Gasteiger partial charge in [-0.1, -0.05) is 5.16 Å². The standard InChI is InChI=1S/C8H9F2IN2O/c9-8(10)3-1-5(2-4-8)6-12-7(11)13-14-6/h5H,1-4H2. The highest BCUT2D eigenvalue weighted by atomic mass is 127. The van der Waals surface area contributed by atoms with Gasteiger partial charge in [0.1, 0.15) is 0 Å². The smallest absolute Gasteiger partial charge is 0.248 e. The van der Waals surface area contributed by atoms with Crippen molar-refractivity contribution in [2.24, 2.45) is 0 Å². The first kappa shape index (κ1) is 10.3. The van der Waals surface area contributed by atoms with Gasteiger partial charge in [0, 0.05) is 41.4 Å². The van der Waals surface area contributed by atoms with Crippen molar-refractivity contribution in [3.05, 3.63) is 9.72 Å². The van der Waals surface area contributed by atoms with Crippen molar-refractivity contribution in [2.75, 3.05) is 0 Å². The van der Waals surface area contributed by atoms with Crippen LogP contribution in [0.3, 0.4) is 0 Å². The van der Waals surface area contributed by atoms with Crippen molar-refractivity contribution in [1.82, 2.24) is 10.1 Å². The third-order valence-electron chi connectivity index (χ3n) is 2.48. The highest BCUT2D eigenvalue weighted by Gasteiger charge is 2.37. The molecule has 3 nitrogen and oxygen atoms in total. The minimum Gasteiger partial charge on any atom is -0.338 e. The van der Waals surface area contributed by atoms with E-state index in [4.69, 9.17) is 4.52 Å². The number of hydrogen-bond acceptors (Lipinski definition) is 3. The van der Waals surface area contributed by atoms with Crippen LogP contribution in [0.2, 0.25) is 0 Å². The molecule has 1 saturated carbocycles. The fourth-order valence-electron chi connectivity index (χ4n) is 1.67. The van der Waals surface area contributed by atoms with Crippen LogP contribution in [0.1, 0.15) is 37.5 Å². The summed E-state index contributed by atoms with van der Waals surface area (Å²) in [5, 5.41) is 3.64. The fourth-order valence-corrected chi connectivity index (χ4v) is 2.01. The lowest BCUT2D eigenvalue weighted by atomic mass is 9.87. The molecular formula is C8H9F2IN2O. The van der Waals surface area contributed by atoms with Crippen LogP contribution in [0.25, 0.3) is 0 Å². The Bertz CT molecular complexity index is 319. The Labute approximate surface area is 93.4 Å². The van der Waals surface area contributed by atoms with Gasteiger partial charge >= 0.3 is 0 Å². The minimum atomic E-state index is -2.50. The molecule has 2 rings (SSSR count). The molecule has 0 spiro atoms. The summed E-state index contributed by atoms with van der Waals surface area (Å²) in [4.78, 5) is 4.05. The van der Waals surface area contributed by atoms with E-state index < -0.39 is 5.92 Å². The summed E-state index contributed by atoms with van der Waals surface area (Å²) in [6.07, 6.45) is 0.726. The molecule has 0 aliphatic heterocycles. The molecule has 1 heterocycles. The van der Waals surface area contributed by atoms with E-state index >= 15 is 0 Å². The van der Waals surface area contributed by atoms with Crippen LogP contribution in [-0.2, 0) is 0 Å². The second kappa shape index (κ2) is 3.71. The minimum absolute atomic E-state index is 0.0191. The average molecular weight is 314 g/mol. The number of rotatable bonds is 1. The van der Waals surface area contributed by atoms with Gasteiger partial charge in [0.25, 0.3) is 0 Å². The first-order valence-electron chi connectivity index (χ1n) is 4.44. The van der Waals surface area contributed by atoms with Crippen LogP contribution in [0.5, 0.6) is 0 Å². The molecule has 78 valence electrons. The van der Waals surface area contributed by atoms with Crippen LogP contribution < -0.4 is 0 Å². The van der Waals surface area contributed by atoms with Crippen LogP contribution in [0.4, 0.5) is 8.78 Å². The van der Waals surface area contributed by atoms with E-state index in [1.165, 1.54) is 0 Å². The van der Waals surface area contributed by atoms with E-state index in [1.807, 2.05) is 22.6 Å². The molecule has 1 fully saturated rings. The Morgan fingerprint density at radius 2 is 2.00 bits per heavy atom. The highest BCUT2D eigenvalue weighted by Crippen LogP contribution is 2.40. The molecule has 0 aromatic carbocycles. The van der Waals surface area contributed by atoms with Crippen molar-refractivity contribution in [3.63, 3.8) is 0 Å². The topological polar surface area (TPSA) is 38.9 Å². The molecule has 0 atom stereocenters. The van der Waals surface area contributed by atoms with Gasteiger partial charge in [0.15, 0.2) is 0 Å². The predicted octanol–water partition coefficient (Wildman–Crippen LogP) is 2.97. The molecule has 1 aliphatic carbocycles. The second-order valence-corrected chi connectivity index (χ2v) is 4.50. The van der Waals surface area contributed by atoms with E-state index in [-0.39, 0.29) is 18.8 Å². The molecule has 0 saturated heterocycles. The molecule has 1 aliphatic rings. The van der Waals surface area contributed by atoms with Crippen molar-refractivity contribution in [2.45, 2.75) is 37.5 Å². The van der Waals surface area contributed by atoms with Crippen LogP contribution >= 0.6 is 22.6 Å². The lowest BCUT2D eigenvalue weighted by Gasteiger charge is -2.25. The Balaban J connectivity index is 2.02. The number of alkyl halides is 2. The summed E-state index contributed by atoms with van der Waals surface area (Å²) in [6, 6.07) is 0. The van der Waals surface area contributed by atoms with Crippen molar-refractivity contribution >= 4 is 22.6 Å². The number of aromatic nitrogens is 2. The van der Waals surface area contributed by atoms with Gasteiger partial charge in [-0.3, -0.25) is 0 Å². The molecule has 0 N–H and O–H groups in total. The van der Waals surface area contributed by atoms with Gasteiger partial charge in [-0.15, -0.1) is 0 Å². The first-order valence-corrected chi connectivity index (χ1v) is 5.52. The second-order valence-electron chi connectivity index (χ2n) is 3.53. The summed E-state index contributed by atoms with van der Waals surface area (Å²) < 4.78 is 31.2. The molecular weight excluding hydrogens is 305 g/mol. The van der Waals surface area contributed by atoms with Crippen LogP contribution in [0.15, 0.2) is 4.52 Å². The summed E-state index contributed by atoms with van der Waals surface area (Å²) >= 11 is 1.94. The fraction of sp³-hybridized carbons (Fsp3) is 0.750. The van der Waals surface area contributed by atoms with E-state index in [0.29, 0.717) is 22.6 Å². The third-order valence-corrected chi connectivity index (χ3v) is 2.92. The maximum absolute atomic E-state index is 12.8. The third kappa shape index (κ3) is 2.21. The number of nitrogens with zero attached hydrogens (tertiary/aromatic N) is 2. The largest absolute Gasteiger partial charge is 0.338 e. The maximum atomic E-state index is 12.8. The molecule has 6 heteroatoms. The highest BCUT2D eigenvalue weighted by molar-refractivity contribution is 14.1. The Kier molecular flexibility index (Phi) is 2.72. The van der Waals surface area contributed by atoms with Gasteiger partial charge in [0.2, 0.25) is 15.6 Å². The SMILES string of the molecule is FC1(F)CCC(c2nc(I)no2)CC1. The van der Waals surface area contributed by atoms with Crippen LogP contribution in [0, 0.1) is 3.83 Å². The molecule has 14 heavy (non-hydrogen) atoms. The Morgan fingerprint density at radius 1 is 1.36 bits per heavy atom. The first-order chi connectivity index (χ1) is 6.57. The monoisotopic (exact) mass is 314 g/mol. The number of hydrogen-bond donors (Lipinski definition) is 0. The molecule has 0 amide bonds. The van der Waals surface area contributed by atoms with E-state index in [1.54, 1.807) is 0 Å². The molecule has 1 aromatic rings. The van der Waals surface area contributed by atoms with Crippen LogP contribution in [-0.4, -0.2) is 16.1 Å². The van der Waals surface area contributed by atoms with Crippen molar-refractivity contribution < 1.29 is 13.3 Å². The summed E-state index contributed by atoms with van der Waals surface area (Å²) in [6.45, 7) is 0. The Hall–Kier alpha value is -0.270. The molecule has 0 radical (unpaired) electrons. The van der Waals surface area contributed by atoms with Gasteiger partial charge in [-0.25, -0.2) is 8.78 Å². The normalized spacial score (nSPS) is 22.5. The van der Waals surface area contributed by atoms with E-state index in [0.717, 1.165) is 0 Å². The zero-order chi connectivity index (χ0) is 10.2. The van der Waals surface area contributed by atoms with Gasteiger partial charge in [-0.05, 0) is 12.8 Å². The molecule has 1 aromatic heterocycles. The lowest BCUT2D eigenvalue weighted by molar-refractivity contribution is -0.0402.